The molecule has 0 aliphatic rings. The first-order chi connectivity index (χ1) is 8.84. The lowest BCUT2D eigenvalue weighted by Crippen LogP contribution is -2.23. The van der Waals surface area contributed by atoms with Crippen LogP contribution in [0.25, 0.3) is 10.9 Å². The highest BCUT2D eigenvalue weighted by Gasteiger charge is 2.13. The van der Waals surface area contributed by atoms with Gasteiger partial charge in [0.2, 0.25) is 0 Å². The maximum atomic E-state index is 12.0. The van der Waals surface area contributed by atoms with Crippen molar-refractivity contribution >= 4 is 16.8 Å². The highest BCUT2D eigenvalue weighted by atomic mass is 16.5. The van der Waals surface area contributed by atoms with Crippen molar-refractivity contribution in [3.8, 4) is 0 Å². The first-order valence-electron chi connectivity index (χ1n) is 5.45. The number of nitrogens with zero attached hydrogens (tertiary/aromatic N) is 2. The highest BCUT2D eigenvalue weighted by Crippen LogP contribution is 2.14. The monoisotopic (exact) mass is 242 g/mol. The zero-order chi connectivity index (χ0) is 12.4. The molecule has 0 unspecified atom stereocenters. The molecule has 0 atom stereocenters. The molecule has 18 heavy (non-hydrogen) atoms. The Balaban J connectivity index is 1.80. The van der Waals surface area contributed by atoms with Gasteiger partial charge in [-0.25, -0.2) is 0 Å². The lowest BCUT2D eigenvalue weighted by molar-refractivity contribution is 0.0946. The molecular formula is C12H10N4O2. The number of carbonyl (C=O) groups excluding carboxylic acids is 1. The van der Waals surface area contributed by atoms with Gasteiger partial charge in [0.1, 0.15) is 12.0 Å². The van der Waals surface area contributed by atoms with Crippen molar-refractivity contribution in [2.45, 2.75) is 6.54 Å². The Morgan fingerprint density at radius 1 is 1.33 bits per heavy atom. The molecule has 0 saturated carbocycles. The zero-order valence-corrected chi connectivity index (χ0v) is 9.38. The summed E-state index contributed by atoms with van der Waals surface area (Å²) in [6.07, 6.45) is 1.46. The van der Waals surface area contributed by atoms with Gasteiger partial charge in [-0.3, -0.25) is 9.89 Å². The van der Waals surface area contributed by atoms with Crippen LogP contribution in [0.3, 0.4) is 0 Å². The Labute approximate surface area is 102 Å². The smallest absolute Gasteiger partial charge is 0.272 e. The van der Waals surface area contributed by atoms with Gasteiger partial charge in [-0.1, -0.05) is 23.4 Å². The molecule has 2 heterocycles. The number of aromatic amines is 1. The fourth-order valence-electron chi connectivity index (χ4n) is 1.72. The van der Waals surface area contributed by atoms with Gasteiger partial charge in [0.05, 0.1) is 12.1 Å². The summed E-state index contributed by atoms with van der Waals surface area (Å²) in [7, 11) is 0. The topological polar surface area (TPSA) is 83.8 Å². The number of carbonyl (C=O) groups is 1. The van der Waals surface area contributed by atoms with E-state index in [1.165, 1.54) is 6.26 Å². The van der Waals surface area contributed by atoms with Crippen LogP contribution in [0.5, 0.6) is 0 Å². The van der Waals surface area contributed by atoms with Crippen molar-refractivity contribution < 1.29 is 9.32 Å². The van der Waals surface area contributed by atoms with Gasteiger partial charge >= 0.3 is 0 Å². The molecule has 6 nitrogen and oxygen atoms in total. The van der Waals surface area contributed by atoms with E-state index in [0.717, 1.165) is 10.9 Å². The van der Waals surface area contributed by atoms with E-state index in [9.17, 15) is 4.79 Å². The minimum atomic E-state index is -0.240. The molecule has 0 fully saturated rings. The molecule has 0 aliphatic heterocycles. The summed E-state index contributed by atoms with van der Waals surface area (Å²) >= 11 is 0. The second-order valence-corrected chi connectivity index (χ2v) is 3.79. The van der Waals surface area contributed by atoms with Crippen LogP contribution in [0, 0.1) is 0 Å². The van der Waals surface area contributed by atoms with Gasteiger partial charge < -0.3 is 9.84 Å². The van der Waals surface area contributed by atoms with E-state index in [-0.39, 0.29) is 5.91 Å². The molecule has 90 valence electrons. The quantitative estimate of drug-likeness (QED) is 0.728. The number of amides is 1. The minimum Gasteiger partial charge on any atom is -0.364 e. The molecular weight excluding hydrogens is 232 g/mol. The number of fused-ring (bicyclic) bond motifs is 1. The van der Waals surface area contributed by atoms with Gasteiger partial charge in [0.25, 0.3) is 5.91 Å². The molecule has 6 heteroatoms. The number of hydrogen-bond acceptors (Lipinski definition) is 4. The van der Waals surface area contributed by atoms with E-state index in [1.807, 2.05) is 24.3 Å². The first kappa shape index (κ1) is 10.5. The second-order valence-electron chi connectivity index (χ2n) is 3.79. The summed E-state index contributed by atoms with van der Waals surface area (Å²) in [5, 5.41) is 14.1. The van der Waals surface area contributed by atoms with E-state index in [1.54, 1.807) is 6.07 Å². The summed E-state index contributed by atoms with van der Waals surface area (Å²) in [5.41, 5.74) is 1.89. The fourth-order valence-corrected chi connectivity index (χ4v) is 1.72. The Kier molecular flexibility index (Phi) is 2.53. The molecule has 0 aliphatic carbocycles. The maximum absolute atomic E-state index is 12.0. The van der Waals surface area contributed by atoms with Crippen molar-refractivity contribution in [1.29, 1.82) is 0 Å². The van der Waals surface area contributed by atoms with Crippen molar-refractivity contribution in [2.24, 2.45) is 0 Å². The number of para-hydroxylation sites is 1. The van der Waals surface area contributed by atoms with Crippen LogP contribution in [0.1, 0.15) is 16.2 Å². The predicted molar refractivity (Wildman–Crippen MR) is 63.8 cm³/mol. The number of aromatic nitrogens is 3. The van der Waals surface area contributed by atoms with Crippen LogP contribution in [0.2, 0.25) is 0 Å². The third kappa shape index (κ3) is 1.84. The Hall–Kier alpha value is -2.63. The summed E-state index contributed by atoms with van der Waals surface area (Å²) < 4.78 is 4.68. The van der Waals surface area contributed by atoms with E-state index in [0.29, 0.717) is 17.9 Å². The molecule has 3 aromatic rings. The summed E-state index contributed by atoms with van der Waals surface area (Å²) in [6, 6.07) is 9.17. The fraction of sp³-hybridized carbons (Fsp3) is 0.0833. The molecule has 1 amide bonds. The predicted octanol–water partition coefficient (Wildman–Crippen LogP) is 1.48. The number of hydrogen-bond donors (Lipinski definition) is 2. The average molecular weight is 242 g/mol. The third-order valence-electron chi connectivity index (χ3n) is 2.61. The lowest BCUT2D eigenvalue weighted by Gasteiger charge is -1.99. The van der Waals surface area contributed by atoms with Gasteiger partial charge in [-0.05, 0) is 6.07 Å². The summed E-state index contributed by atoms with van der Waals surface area (Å²) in [6.45, 7) is 0.316. The van der Waals surface area contributed by atoms with Crippen LogP contribution in [-0.2, 0) is 6.54 Å². The molecule has 0 spiro atoms. The molecule has 2 aromatic heterocycles. The minimum absolute atomic E-state index is 0.240. The van der Waals surface area contributed by atoms with E-state index >= 15 is 0 Å². The number of nitrogens with one attached hydrogen (secondary N) is 2. The molecule has 0 bridgehead atoms. The SMILES string of the molecule is O=C(NCc1ccon1)c1n[nH]c2ccccc12. The Morgan fingerprint density at radius 3 is 3.06 bits per heavy atom. The van der Waals surface area contributed by atoms with Crippen LogP contribution in [-0.4, -0.2) is 21.3 Å². The van der Waals surface area contributed by atoms with Crippen molar-refractivity contribution in [3.63, 3.8) is 0 Å². The Bertz CT molecular complexity index is 672. The number of rotatable bonds is 3. The molecule has 0 radical (unpaired) electrons. The lowest BCUT2D eigenvalue weighted by atomic mass is 10.2. The largest absolute Gasteiger partial charge is 0.364 e. The van der Waals surface area contributed by atoms with Gasteiger partial charge in [0.15, 0.2) is 5.69 Å². The highest BCUT2D eigenvalue weighted by molar-refractivity contribution is 6.04. The number of benzene rings is 1. The number of H-pyrrole nitrogens is 1. The van der Waals surface area contributed by atoms with Crippen LogP contribution < -0.4 is 5.32 Å². The molecule has 1 aromatic carbocycles. The standard InChI is InChI=1S/C12H10N4O2/c17-12(13-7-8-5-6-18-16-8)11-9-3-1-2-4-10(9)14-15-11/h1-6H,7H2,(H,13,17)(H,14,15). The Morgan fingerprint density at radius 2 is 2.22 bits per heavy atom. The van der Waals surface area contributed by atoms with E-state index in [2.05, 4.69) is 25.2 Å². The van der Waals surface area contributed by atoms with Crippen LogP contribution >= 0.6 is 0 Å². The summed E-state index contributed by atoms with van der Waals surface area (Å²) in [5.74, 6) is -0.240. The van der Waals surface area contributed by atoms with E-state index in [4.69, 9.17) is 0 Å². The van der Waals surface area contributed by atoms with Crippen molar-refractivity contribution in [1.82, 2.24) is 20.7 Å². The zero-order valence-electron chi connectivity index (χ0n) is 9.38. The van der Waals surface area contributed by atoms with Crippen molar-refractivity contribution in [3.05, 3.63) is 48.0 Å². The van der Waals surface area contributed by atoms with Gasteiger partial charge in [-0.15, -0.1) is 0 Å². The molecule has 0 saturated heterocycles. The van der Waals surface area contributed by atoms with Crippen LogP contribution in [0.15, 0.2) is 41.1 Å². The van der Waals surface area contributed by atoms with Crippen LogP contribution in [0.4, 0.5) is 0 Å². The first-order valence-corrected chi connectivity index (χ1v) is 5.45. The van der Waals surface area contributed by atoms with Crippen molar-refractivity contribution in [2.75, 3.05) is 0 Å². The third-order valence-corrected chi connectivity index (χ3v) is 2.61. The summed E-state index contributed by atoms with van der Waals surface area (Å²) in [4.78, 5) is 12.0. The van der Waals surface area contributed by atoms with E-state index < -0.39 is 0 Å². The van der Waals surface area contributed by atoms with Gasteiger partial charge in [-0.2, -0.15) is 5.10 Å². The molecule has 2 N–H and O–H groups in total. The average Bonchev–Trinajstić information content (AvgIpc) is 3.05. The maximum Gasteiger partial charge on any atom is 0.272 e. The second kappa shape index (κ2) is 4.33. The van der Waals surface area contributed by atoms with Gasteiger partial charge in [0, 0.05) is 11.5 Å². The normalized spacial score (nSPS) is 10.7. The molecule has 3 rings (SSSR count).